The molecule has 7 aromatic carbocycles. The molecule has 0 bridgehead atoms. The lowest BCUT2D eigenvalue weighted by molar-refractivity contribution is 0.670. The van der Waals surface area contributed by atoms with Crippen LogP contribution in [0.4, 0.5) is 0 Å². The number of furan rings is 1. The van der Waals surface area contributed by atoms with Crippen LogP contribution < -0.4 is 0 Å². The normalized spacial score (nSPS) is 11.1. The van der Waals surface area contributed by atoms with Crippen LogP contribution in [-0.2, 0) is 0 Å². The Kier molecular flexibility index (Phi) is 7.46. The summed E-state index contributed by atoms with van der Waals surface area (Å²) in [6.07, 6.45) is 0. The fraction of sp³-hybridized carbons (Fsp3) is 0. The number of nitrogens with zero attached hydrogens (tertiary/aromatic N) is 4. The highest BCUT2D eigenvalue weighted by Crippen LogP contribution is 2.42. The lowest BCUT2D eigenvalue weighted by Crippen LogP contribution is -2.00. The third-order valence-corrected chi connectivity index (χ3v) is 9.21. The third kappa shape index (κ3) is 5.61. The highest BCUT2D eigenvalue weighted by molar-refractivity contribution is 6.16. The molecule has 0 aliphatic carbocycles. The zero-order valence-corrected chi connectivity index (χ0v) is 27.4. The maximum Gasteiger partial charge on any atom is 0.164 e. The van der Waals surface area contributed by atoms with E-state index in [0.29, 0.717) is 23.0 Å². The zero-order valence-electron chi connectivity index (χ0n) is 27.4. The van der Waals surface area contributed by atoms with E-state index in [2.05, 4.69) is 91.0 Å². The molecule has 0 amide bonds. The molecule has 0 aliphatic rings. The van der Waals surface area contributed by atoms with Crippen LogP contribution in [0.5, 0.6) is 0 Å². The minimum Gasteiger partial charge on any atom is -0.455 e. The van der Waals surface area contributed by atoms with Crippen LogP contribution in [-0.4, -0.2) is 15.0 Å². The molecule has 0 aliphatic heterocycles. The highest BCUT2D eigenvalue weighted by atomic mass is 16.3. The summed E-state index contributed by atoms with van der Waals surface area (Å²) in [5.41, 5.74) is 11.3. The molecule has 0 spiro atoms. The summed E-state index contributed by atoms with van der Waals surface area (Å²) in [4.78, 5) is 14.9. The van der Waals surface area contributed by atoms with Gasteiger partial charge in [-0.25, -0.2) is 15.0 Å². The molecule has 2 heterocycles. The lowest BCUT2D eigenvalue weighted by atomic mass is 9.94. The molecule has 9 aromatic rings. The molecule has 0 saturated heterocycles. The Morgan fingerprint density at radius 1 is 0.412 bits per heavy atom. The second kappa shape index (κ2) is 12.7. The molecule has 0 N–H and O–H groups in total. The molecule has 0 radical (unpaired) electrons. The molecule has 238 valence electrons. The number of fused-ring (bicyclic) bond motifs is 3. The van der Waals surface area contributed by atoms with E-state index in [1.54, 1.807) is 0 Å². The molecular weight excluding hydrogens is 625 g/mol. The summed E-state index contributed by atoms with van der Waals surface area (Å²) in [6.45, 7) is 0. The number of nitriles is 1. The average molecular weight is 653 g/mol. The summed E-state index contributed by atoms with van der Waals surface area (Å²) >= 11 is 0. The van der Waals surface area contributed by atoms with E-state index < -0.39 is 0 Å². The molecule has 0 fully saturated rings. The topological polar surface area (TPSA) is 75.6 Å². The SMILES string of the molecule is N#Cc1ccc(-c2ccc(-c3nc(-c4ccccc4)nc(-c4ccc5c(c4)oc4c(-c6ccccc6)ccc(-c6ccccc6)c45)n3)cc2)cc1. The minimum absolute atomic E-state index is 0.559. The molecule has 0 atom stereocenters. The zero-order chi connectivity index (χ0) is 34.1. The van der Waals surface area contributed by atoms with Gasteiger partial charge in [0, 0.05) is 33.0 Å². The Morgan fingerprint density at radius 3 is 1.45 bits per heavy atom. The van der Waals surface area contributed by atoms with Crippen molar-refractivity contribution >= 4 is 21.9 Å². The Labute approximate surface area is 294 Å². The van der Waals surface area contributed by atoms with Crippen molar-refractivity contribution in [2.45, 2.75) is 0 Å². The van der Waals surface area contributed by atoms with Crippen molar-refractivity contribution in [3.63, 3.8) is 0 Å². The minimum atomic E-state index is 0.559. The van der Waals surface area contributed by atoms with Crippen LogP contribution in [0.15, 0.2) is 174 Å². The van der Waals surface area contributed by atoms with Crippen LogP contribution in [0.2, 0.25) is 0 Å². The van der Waals surface area contributed by atoms with Crippen molar-refractivity contribution in [3.05, 3.63) is 175 Å². The summed E-state index contributed by atoms with van der Waals surface area (Å²) < 4.78 is 6.77. The van der Waals surface area contributed by atoms with Gasteiger partial charge >= 0.3 is 0 Å². The second-order valence-electron chi connectivity index (χ2n) is 12.3. The second-order valence-corrected chi connectivity index (χ2v) is 12.3. The first-order valence-corrected chi connectivity index (χ1v) is 16.7. The predicted octanol–water partition coefficient (Wildman–Crippen LogP) is 11.6. The van der Waals surface area contributed by atoms with Gasteiger partial charge in [0.05, 0.1) is 11.6 Å². The Morgan fingerprint density at radius 2 is 0.863 bits per heavy atom. The third-order valence-electron chi connectivity index (χ3n) is 9.21. The Balaban J connectivity index is 1.19. The molecule has 5 nitrogen and oxygen atoms in total. The first-order chi connectivity index (χ1) is 25.2. The highest BCUT2D eigenvalue weighted by Gasteiger charge is 2.19. The first-order valence-electron chi connectivity index (χ1n) is 16.7. The van der Waals surface area contributed by atoms with Crippen LogP contribution in [0.3, 0.4) is 0 Å². The van der Waals surface area contributed by atoms with Gasteiger partial charge in [0.25, 0.3) is 0 Å². The van der Waals surface area contributed by atoms with E-state index in [1.807, 2.05) is 84.9 Å². The quantitative estimate of drug-likeness (QED) is 0.179. The summed E-state index contributed by atoms with van der Waals surface area (Å²) in [6, 6.07) is 59.3. The largest absolute Gasteiger partial charge is 0.455 e. The molecular formula is C46H28N4O. The maximum absolute atomic E-state index is 9.19. The number of hydrogen-bond acceptors (Lipinski definition) is 5. The van der Waals surface area contributed by atoms with E-state index in [-0.39, 0.29) is 0 Å². The fourth-order valence-electron chi connectivity index (χ4n) is 6.62. The van der Waals surface area contributed by atoms with Crippen molar-refractivity contribution in [2.24, 2.45) is 0 Å². The lowest BCUT2D eigenvalue weighted by Gasteiger charge is -2.09. The average Bonchev–Trinajstić information content (AvgIpc) is 3.60. The van der Waals surface area contributed by atoms with Crippen molar-refractivity contribution < 1.29 is 4.42 Å². The summed E-state index contributed by atoms with van der Waals surface area (Å²) in [5, 5.41) is 11.3. The number of benzene rings is 7. The standard InChI is InChI=1S/C46H28N4O/c47-29-30-16-18-31(19-17-30)32-20-22-36(23-21-32)45-48-44(35-14-8-3-9-15-35)49-46(50-45)37-24-25-40-41(28-37)51-43-39(34-12-6-2-7-13-34)27-26-38(42(40)43)33-10-4-1-5-11-33/h1-28H. The number of hydrogen-bond donors (Lipinski definition) is 0. The van der Waals surface area contributed by atoms with Gasteiger partial charge in [-0.05, 0) is 58.1 Å². The number of aromatic nitrogens is 3. The molecule has 51 heavy (non-hydrogen) atoms. The Hall–Kier alpha value is -7.16. The van der Waals surface area contributed by atoms with Gasteiger partial charge in [-0.3, -0.25) is 0 Å². The van der Waals surface area contributed by atoms with Crippen LogP contribution in [0.25, 0.3) is 89.5 Å². The summed E-state index contributed by atoms with van der Waals surface area (Å²) in [7, 11) is 0. The van der Waals surface area contributed by atoms with Crippen LogP contribution in [0.1, 0.15) is 5.56 Å². The van der Waals surface area contributed by atoms with E-state index in [9.17, 15) is 5.26 Å². The monoisotopic (exact) mass is 652 g/mol. The van der Waals surface area contributed by atoms with E-state index in [4.69, 9.17) is 19.4 Å². The van der Waals surface area contributed by atoms with Gasteiger partial charge < -0.3 is 4.42 Å². The van der Waals surface area contributed by atoms with Gasteiger partial charge in [-0.15, -0.1) is 0 Å². The van der Waals surface area contributed by atoms with Crippen molar-refractivity contribution in [2.75, 3.05) is 0 Å². The van der Waals surface area contributed by atoms with Crippen molar-refractivity contribution in [1.29, 1.82) is 5.26 Å². The van der Waals surface area contributed by atoms with E-state index in [0.717, 1.165) is 72.0 Å². The van der Waals surface area contributed by atoms with Crippen molar-refractivity contribution in [3.8, 4) is 73.6 Å². The first kappa shape index (κ1) is 29.9. The van der Waals surface area contributed by atoms with Crippen LogP contribution >= 0.6 is 0 Å². The smallest absolute Gasteiger partial charge is 0.164 e. The van der Waals surface area contributed by atoms with E-state index in [1.165, 1.54) is 0 Å². The van der Waals surface area contributed by atoms with Crippen molar-refractivity contribution in [1.82, 2.24) is 15.0 Å². The maximum atomic E-state index is 9.19. The van der Waals surface area contributed by atoms with Gasteiger partial charge in [-0.1, -0.05) is 140 Å². The van der Waals surface area contributed by atoms with Gasteiger partial charge in [-0.2, -0.15) is 5.26 Å². The molecule has 2 aromatic heterocycles. The molecule has 0 saturated carbocycles. The number of rotatable bonds is 6. The van der Waals surface area contributed by atoms with Gasteiger partial charge in [0.1, 0.15) is 11.2 Å². The van der Waals surface area contributed by atoms with Gasteiger partial charge in [0.15, 0.2) is 17.5 Å². The molecule has 0 unspecified atom stereocenters. The van der Waals surface area contributed by atoms with Crippen LogP contribution in [0, 0.1) is 11.3 Å². The fourth-order valence-corrected chi connectivity index (χ4v) is 6.62. The van der Waals surface area contributed by atoms with Gasteiger partial charge in [0.2, 0.25) is 0 Å². The predicted molar refractivity (Wildman–Crippen MR) is 204 cm³/mol. The van der Waals surface area contributed by atoms with E-state index >= 15 is 0 Å². The summed E-state index contributed by atoms with van der Waals surface area (Å²) in [5.74, 6) is 1.73. The Bertz CT molecular complexity index is 2710. The molecule has 5 heteroatoms. The molecule has 9 rings (SSSR count).